The van der Waals surface area contributed by atoms with E-state index in [1.165, 1.54) is 31.2 Å². The SMILES string of the molecule is CCC(CC)COC(=O)C(C)NP(=O)(Oc1ccccc1)Oc1ccc([N+](=O)[O-])cc1. The van der Waals surface area contributed by atoms with Gasteiger partial charge in [0.25, 0.3) is 5.69 Å². The molecule has 0 aliphatic carbocycles. The van der Waals surface area contributed by atoms with Gasteiger partial charge in [-0.05, 0) is 37.1 Å². The molecule has 0 spiro atoms. The van der Waals surface area contributed by atoms with Crippen molar-refractivity contribution in [2.24, 2.45) is 5.92 Å². The number of para-hydroxylation sites is 1. The summed E-state index contributed by atoms with van der Waals surface area (Å²) in [5, 5.41) is 13.4. The van der Waals surface area contributed by atoms with Crippen molar-refractivity contribution in [3.05, 3.63) is 64.7 Å². The Morgan fingerprint density at radius 2 is 1.58 bits per heavy atom. The molecule has 168 valence electrons. The number of non-ortho nitro benzene ring substituents is 1. The van der Waals surface area contributed by atoms with Crippen molar-refractivity contribution in [3.63, 3.8) is 0 Å². The van der Waals surface area contributed by atoms with Crippen LogP contribution < -0.4 is 14.1 Å². The van der Waals surface area contributed by atoms with E-state index in [4.69, 9.17) is 13.8 Å². The standard InChI is InChI=1S/C21H27N2O7P/c1-4-17(5-2)15-28-21(24)16(3)22-31(27,29-19-9-7-6-8-10-19)30-20-13-11-18(12-14-20)23(25)26/h6-14,16-17H,4-5,15H2,1-3H3,(H,22,27). The maximum absolute atomic E-state index is 13.4. The van der Waals surface area contributed by atoms with E-state index < -0.39 is 24.7 Å². The van der Waals surface area contributed by atoms with E-state index in [1.54, 1.807) is 30.3 Å². The largest absolute Gasteiger partial charge is 0.513 e. The molecule has 0 radical (unpaired) electrons. The molecular formula is C21H27N2O7P. The van der Waals surface area contributed by atoms with Crippen molar-refractivity contribution in [1.29, 1.82) is 0 Å². The third-order valence-corrected chi connectivity index (χ3v) is 6.17. The van der Waals surface area contributed by atoms with Gasteiger partial charge in [-0.2, -0.15) is 5.09 Å². The first-order chi connectivity index (χ1) is 14.8. The van der Waals surface area contributed by atoms with Crippen LogP contribution in [-0.4, -0.2) is 23.5 Å². The molecule has 2 rings (SSSR count). The van der Waals surface area contributed by atoms with Crippen LogP contribution in [0, 0.1) is 16.0 Å². The highest BCUT2D eigenvalue weighted by Crippen LogP contribution is 2.45. The molecule has 2 aromatic rings. The van der Waals surface area contributed by atoms with E-state index in [0.29, 0.717) is 0 Å². The Bertz CT molecular complexity index is 902. The van der Waals surface area contributed by atoms with Crippen LogP contribution in [0.15, 0.2) is 54.6 Å². The summed E-state index contributed by atoms with van der Waals surface area (Å²) < 4.78 is 29.8. The third-order valence-electron chi connectivity index (χ3n) is 4.56. The minimum Gasteiger partial charge on any atom is -0.464 e. The lowest BCUT2D eigenvalue weighted by Crippen LogP contribution is -2.36. The van der Waals surface area contributed by atoms with E-state index in [2.05, 4.69) is 5.09 Å². The molecule has 0 aliphatic heterocycles. The first-order valence-corrected chi connectivity index (χ1v) is 11.5. The van der Waals surface area contributed by atoms with Crippen molar-refractivity contribution < 1.29 is 28.1 Å². The normalized spacial score (nSPS) is 13.8. The van der Waals surface area contributed by atoms with Gasteiger partial charge in [0, 0.05) is 12.1 Å². The lowest BCUT2D eigenvalue weighted by atomic mass is 10.1. The zero-order chi connectivity index (χ0) is 22.9. The van der Waals surface area contributed by atoms with Crippen molar-refractivity contribution in [2.45, 2.75) is 39.7 Å². The summed E-state index contributed by atoms with van der Waals surface area (Å²) in [5.74, 6) is 0.00349. The third kappa shape index (κ3) is 7.70. The van der Waals surface area contributed by atoms with Crippen LogP contribution in [0.3, 0.4) is 0 Å². The first kappa shape index (κ1) is 24.4. The summed E-state index contributed by atoms with van der Waals surface area (Å²) in [7, 11) is -4.09. The second-order valence-corrected chi connectivity index (χ2v) is 8.53. The number of nitro groups is 1. The monoisotopic (exact) mass is 450 g/mol. The van der Waals surface area contributed by atoms with Crippen LogP contribution in [0.4, 0.5) is 5.69 Å². The number of nitrogens with one attached hydrogen (secondary N) is 1. The number of carbonyl (C=O) groups is 1. The van der Waals surface area contributed by atoms with Crippen LogP contribution in [0.25, 0.3) is 0 Å². The zero-order valence-corrected chi connectivity index (χ0v) is 18.6. The van der Waals surface area contributed by atoms with Crippen molar-refractivity contribution >= 4 is 19.4 Å². The number of esters is 1. The molecule has 0 saturated carbocycles. The van der Waals surface area contributed by atoms with Crippen LogP contribution in [0.5, 0.6) is 11.5 Å². The second-order valence-electron chi connectivity index (χ2n) is 6.91. The minimum atomic E-state index is -4.09. The number of nitro benzene ring substituents is 1. The van der Waals surface area contributed by atoms with E-state index in [-0.39, 0.29) is 29.7 Å². The zero-order valence-electron chi connectivity index (χ0n) is 17.7. The molecule has 2 unspecified atom stereocenters. The predicted octanol–water partition coefficient (Wildman–Crippen LogP) is 5.12. The van der Waals surface area contributed by atoms with Gasteiger partial charge in [-0.1, -0.05) is 44.9 Å². The topological polar surface area (TPSA) is 117 Å². The van der Waals surface area contributed by atoms with E-state index >= 15 is 0 Å². The number of benzene rings is 2. The maximum Gasteiger partial charge on any atom is 0.513 e. The van der Waals surface area contributed by atoms with Crippen molar-refractivity contribution in [1.82, 2.24) is 5.09 Å². The molecule has 0 aromatic heterocycles. The van der Waals surface area contributed by atoms with Gasteiger partial charge in [0.2, 0.25) is 0 Å². The van der Waals surface area contributed by atoms with Gasteiger partial charge in [-0.3, -0.25) is 14.9 Å². The lowest BCUT2D eigenvalue weighted by molar-refractivity contribution is -0.384. The molecule has 0 fully saturated rings. The molecule has 2 aromatic carbocycles. The van der Waals surface area contributed by atoms with Gasteiger partial charge >= 0.3 is 13.7 Å². The van der Waals surface area contributed by atoms with Gasteiger partial charge < -0.3 is 13.8 Å². The molecule has 9 nitrogen and oxygen atoms in total. The summed E-state index contributed by atoms with van der Waals surface area (Å²) in [6.07, 6.45) is 1.76. The van der Waals surface area contributed by atoms with E-state index in [9.17, 15) is 19.5 Å². The Kier molecular flexibility index (Phi) is 9.03. The van der Waals surface area contributed by atoms with Gasteiger partial charge in [0.1, 0.15) is 17.5 Å². The van der Waals surface area contributed by atoms with Gasteiger partial charge in [-0.15, -0.1) is 0 Å². The van der Waals surface area contributed by atoms with Crippen molar-refractivity contribution in [2.75, 3.05) is 6.61 Å². The highest BCUT2D eigenvalue weighted by molar-refractivity contribution is 7.52. The lowest BCUT2D eigenvalue weighted by Gasteiger charge is -2.23. The highest BCUT2D eigenvalue weighted by Gasteiger charge is 2.34. The van der Waals surface area contributed by atoms with Crippen LogP contribution in [0.2, 0.25) is 0 Å². The summed E-state index contributed by atoms with van der Waals surface area (Å²) >= 11 is 0. The number of ether oxygens (including phenoxy) is 1. The minimum absolute atomic E-state index is 0.0787. The number of rotatable bonds is 12. The Balaban J connectivity index is 2.16. The number of hydrogen-bond donors (Lipinski definition) is 1. The number of hydrogen-bond acceptors (Lipinski definition) is 7. The average molecular weight is 450 g/mol. The highest BCUT2D eigenvalue weighted by atomic mass is 31.2. The fourth-order valence-corrected chi connectivity index (χ4v) is 4.12. The number of carbonyl (C=O) groups excluding carboxylic acids is 1. The Morgan fingerprint density at radius 1 is 1.03 bits per heavy atom. The van der Waals surface area contributed by atoms with Crippen LogP contribution >= 0.6 is 7.75 Å². The molecule has 10 heteroatoms. The molecule has 0 amide bonds. The average Bonchev–Trinajstić information content (AvgIpc) is 2.75. The van der Waals surface area contributed by atoms with Crippen molar-refractivity contribution in [3.8, 4) is 11.5 Å². The smallest absolute Gasteiger partial charge is 0.464 e. The van der Waals surface area contributed by atoms with Gasteiger partial charge in [0.15, 0.2) is 0 Å². The summed E-state index contributed by atoms with van der Waals surface area (Å²) in [6.45, 7) is 5.80. The molecule has 0 bridgehead atoms. The quantitative estimate of drug-likeness (QED) is 0.205. The Hall–Kier alpha value is -2.90. The maximum atomic E-state index is 13.4. The molecular weight excluding hydrogens is 423 g/mol. The predicted molar refractivity (Wildman–Crippen MR) is 116 cm³/mol. The van der Waals surface area contributed by atoms with E-state index in [0.717, 1.165) is 12.8 Å². The van der Waals surface area contributed by atoms with E-state index in [1.807, 2.05) is 13.8 Å². The second kappa shape index (κ2) is 11.5. The molecule has 0 heterocycles. The Labute approximate surface area is 181 Å². The molecule has 0 saturated heterocycles. The first-order valence-electron chi connectivity index (χ1n) is 9.99. The fourth-order valence-electron chi connectivity index (χ4n) is 2.60. The molecule has 1 N–H and O–H groups in total. The van der Waals surface area contributed by atoms with Gasteiger partial charge in [-0.25, -0.2) is 4.57 Å². The van der Waals surface area contributed by atoms with Crippen LogP contribution in [0.1, 0.15) is 33.6 Å². The summed E-state index contributed by atoms with van der Waals surface area (Å²) in [5.41, 5.74) is -0.141. The fraction of sp³-hybridized carbons (Fsp3) is 0.381. The summed E-state index contributed by atoms with van der Waals surface area (Å²) in [4.78, 5) is 22.7. The molecule has 31 heavy (non-hydrogen) atoms. The van der Waals surface area contributed by atoms with Gasteiger partial charge in [0.05, 0.1) is 11.5 Å². The molecule has 0 aliphatic rings. The molecule has 2 atom stereocenters. The summed E-state index contributed by atoms with van der Waals surface area (Å²) in [6, 6.07) is 12.4. The van der Waals surface area contributed by atoms with Crippen LogP contribution in [-0.2, 0) is 14.1 Å². The Morgan fingerprint density at radius 3 is 2.10 bits per heavy atom. The number of nitrogens with zero attached hydrogens (tertiary/aromatic N) is 1.